The molecule has 2 nitrogen and oxygen atoms in total. The number of aromatic nitrogens is 1. The molecule has 1 aromatic rings. The van der Waals surface area contributed by atoms with Crippen LogP contribution < -0.4 is 5.73 Å². The zero-order valence-corrected chi connectivity index (χ0v) is 7.28. The third kappa shape index (κ3) is 1.69. The number of nitrogen functional groups attached to an aromatic ring is 1. The molecular formula is C6H4BrF3N2. The highest BCUT2D eigenvalue weighted by atomic mass is 79.9. The van der Waals surface area contributed by atoms with Crippen molar-refractivity contribution in [1.29, 1.82) is 0 Å². The Hall–Kier alpha value is -0.780. The Kier molecular flexibility index (Phi) is 2.56. The van der Waals surface area contributed by atoms with Crippen molar-refractivity contribution in [3.05, 3.63) is 22.2 Å². The summed E-state index contributed by atoms with van der Waals surface area (Å²) in [6.07, 6.45) is -2.71. The highest BCUT2D eigenvalue weighted by molar-refractivity contribution is 9.10. The Morgan fingerprint density at radius 1 is 1.50 bits per heavy atom. The third-order valence-corrected chi connectivity index (χ3v) is 1.85. The summed E-state index contributed by atoms with van der Waals surface area (Å²) in [7, 11) is 0. The maximum atomic E-state index is 12.5. The molecule has 1 aromatic heterocycles. The molecule has 0 aromatic carbocycles. The van der Waals surface area contributed by atoms with Crippen LogP contribution in [0.4, 0.5) is 18.9 Å². The van der Waals surface area contributed by atoms with Crippen molar-refractivity contribution in [1.82, 2.24) is 4.98 Å². The minimum atomic E-state index is -2.71. The van der Waals surface area contributed by atoms with E-state index in [4.69, 9.17) is 5.73 Å². The van der Waals surface area contributed by atoms with E-state index in [-0.39, 0.29) is 10.3 Å². The number of nitrogens with zero attached hydrogens (tertiary/aromatic N) is 1. The van der Waals surface area contributed by atoms with Crippen LogP contribution in [0.5, 0.6) is 0 Å². The van der Waals surface area contributed by atoms with Crippen LogP contribution in [0.2, 0.25) is 0 Å². The van der Waals surface area contributed by atoms with Crippen molar-refractivity contribution >= 4 is 21.6 Å². The van der Waals surface area contributed by atoms with Crippen LogP contribution in [0, 0.1) is 5.95 Å². The van der Waals surface area contributed by atoms with Crippen molar-refractivity contribution < 1.29 is 13.2 Å². The van der Waals surface area contributed by atoms with Crippen LogP contribution in [0.1, 0.15) is 12.0 Å². The summed E-state index contributed by atoms with van der Waals surface area (Å²) in [5.41, 5.74) is 4.25. The quantitative estimate of drug-likeness (QED) is 0.767. The zero-order valence-electron chi connectivity index (χ0n) is 5.69. The second-order valence-corrected chi connectivity index (χ2v) is 2.80. The van der Waals surface area contributed by atoms with Gasteiger partial charge in [-0.05, 0) is 22.0 Å². The fourth-order valence-corrected chi connectivity index (χ4v) is 1.10. The highest BCUT2D eigenvalue weighted by Gasteiger charge is 2.15. The van der Waals surface area contributed by atoms with E-state index in [1.54, 1.807) is 0 Å². The van der Waals surface area contributed by atoms with E-state index in [0.29, 0.717) is 0 Å². The van der Waals surface area contributed by atoms with Crippen LogP contribution in [-0.4, -0.2) is 4.98 Å². The van der Waals surface area contributed by atoms with E-state index in [2.05, 4.69) is 20.9 Å². The lowest BCUT2D eigenvalue weighted by Crippen LogP contribution is -1.99. The number of hydrogen-bond acceptors (Lipinski definition) is 2. The van der Waals surface area contributed by atoms with Crippen molar-refractivity contribution in [2.45, 2.75) is 6.43 Å². The Morgan fingerprint density at radius 2 is 2.08 bits per heavy atom. The molecule has 12 heavy (non-hydrogen) atoms. The molecule has 0 aliphatic carbocycles. The normalized spacial score (nSPS) is 10.8. The van der Waals surface area contributed by atoms with Crippen LogP contribution in [0.15, 0.2) is 10.7 Å². The van der Waals surface area contributed by atoms with Crippen molar-refractivity contribution in [3.8, 4) is 0 Å². The minimum absolute atomic E-state index is 0.218. The summed E-state index contributed by atoms with van der Waals surface area (Å²) >= 11 is 2.70. The van der Waals surface area contributed by atoms with E-state index < -0.39 is 17.9 Å². The molecule has 6 heteroatoms. The van der Waals surface area contributed by atoms with Crippen LogP contribution in [0.3, 0.4) is 0 Å². The maximum absolute atomic E-state index is 12.5. The largest absolute Gasteiger partial charge is 0.395 e. The minimum Gasteiger partial charge on any atom is -0.395 e. The van der Waals surface area contributed by atoms with E-state index in [1.807, 2.05) is 0 Å². The Bertz CT molecular complexity index is 303. The smallest absolute Gasteiger partial charge is 0.266 e. The lowest BCUT2D eigenvalue weighted by Gasteiger charge is -2.03. The number of rotatable bonds is 1. The highest BCUT2D eigenvalue weighted by Crippen LogP contribution is 2.28. The summed E-state index contributed by atoms with van der Waals surface area (Å²) in [5.74, 6) is -0.953. The van der Waals surface area contributed by atoms with Gasteiger partial charge in [-0.25, -0.2) is 13.8 Å². The molecule has 0 saturated carbocycles. The van der Waals surface area contributed by atoms with Gasteiger partial charge >= 0.3 is 0 Å². The molecule has 1 heterocycles. The van der Waals surface area contributed by atoms with Gasteiger partial charge in [-0.3, -0.25) is 0 Å². The van der Waals surface area contributed by atoms with Gasteiger partial charge in [0.25, 0.3) is 6.43 Å². The molecule has 0 bridgehead atoms. The molecular weight excluding hydrogens is 237 g/mol. The van der Waals surface area contributed by atoms with Gasteiger partial charge in [0.1, 0.15) is 4.60 Å². The number of pyridine rings is 1. The molecule has 0 aliphatic rings. The SMILES string of the molecule is Nc1cc(C(F)F)c(Br)nc1F. The summed E-state index contributed by atoms with van der Waals surface area (Å²) in [5, 5.41) is 0. The molecule has 1 rings (SSSR count). The first-order valence-corrected chi connectivity index (χ1v) is 3.71. The fraction of sp³-hybridized carbons (Fsp3) is 0.167. The predicted molar refractivity (Wildman–Crippen MR) is 41.3 cm³/mol. The van der Waals surface area contributed by atoms with E-state index in [1.165, 1.54) is 0 Å². The number of anilines is 1. The molecule has 0 saturated heterocycles. The molecule has 0 radical (unpaired) electrons. The second-order valence-electron chi connectivity index (χ2n) is 2.05. The molecule has 0 unspecified atom stereocenters. The van der Waals surface area contributed by atoms with E-state index >= 15 is 0 Å². The molecule has 2 N–H and O–H groups in total. The van der Waals surface area contributed by atoms with Gasteiger partial charge in [0.05, 0.1) is 11.3 Å². The molecule has 0 amide bonds. The van der Waals surface area contributed by atoms with Gasteiger partial charge in [-0.2, -0.15) is 4.39 Å². The fourth-order valence-electron chi connectivity index (χ4n) is 0.655. The van der Waals surface area contributed by atoms with Gasteiger partial charge in [-0.15, -0.1) is 0 Å². The molecule has 0 aliphatic heterocycles. The number of halogens is 4. The van der Waals surface area contributed by atoms with Crippen LogP contribution in [-0.2, 0) is 0 Å². The van der Waals surface area contributed by atoms with Crippen molar-refractivity contribution in [2.75, 3.05) is 5.73 Å². The number of nitrogens with two attached hydrogens (primary N) is 1. The topological polar surface area (TPSA) is 38.9 Å². The van der Waals surface area contributed by atoms with E-state index in [9.17, 15) is 13.2 Å². The summed E-state index contributed by atoms with van der Waals surface area (Å²) in [4.78, 5) is 3.14. The number of hydrogen-bond donors (Lipinski definition) is 1. The number of alkyl halides is 2. The lowest BCUT2D eigenvalue weighted by molar-refractivity contribution is 0.150. The first-order chi connectivity index (χ1) is 5.52. The van der Waals surface area contributed by atoms with Gasteiger partial charge in [-0.1, -0.05) is 0 Å². The summed E-state index contributed by atoms with van der Waals surface area (Å²) in [6.45, 7) is 0. The maximum Gasteiger partial charge on any atom is 0.266 e. The molecule has 0 atom stereocenters. The Morgan fingerprint density at radius 3 is 2.58 bits per heavy atom. The molecule has 0 spiro atoms. The second kappa shape index (κ2) is 3.30. The lowest BCUT2D eigenvalue weighted by atomic mass is 10.3. The zero-order chi connectivity index (χ0) is 9.30. The Labute approximate surface area is 74.7 Å². The van der Waals surface area contributed by atoms with Gasteiger partial charge in [0, 0.05) is 0 Å². The predicted octanol–water partition coefficient (Wildman–Crippen LogP) is 2.50. The van der Waals surface area contributed by atoms with Crippen LogP contribution in [0.25, 0.3) is 0 Å². The van der Waals surface area contributed by atoms with E-state index in [0.717, 1.165) is 6.07 Å². The summed E-state index contributed by atoms with van der Waals surface area (Å²) in [6, 6.07) is 0.858. The summed E-state index contributed by atoms with van der Waals surface area (Å²) < 4.78 is 36.5. The van der Waals surface area contributed by atoms with Gasteiger partial charge in [0.2, 0.25) is 5.95 Å². The first-order valence-electron chi connectivity index (χ1n) is 2.92. The average molecular weight is 241 g/mol. The van der Waals surface area contributed by atoms with Crippen molar-refractivity contribution in [2.24, 2.45) is 0 Å². The third-order valence-electron chi connectivity index (χ3n) is 1.22. The monoisotopic (exact) mass is 240 g/mol. The van der Waals surface area contributed by atoms with Gasteiger partial charge in [0.15, 0.2) is 0 Å². The average Bonchev–Trinajstić information content (AvgIpc) is 1.96. The Balaban J connectivity index is 3.23. The first kappa shape index (κ1) is 9.31. The molecule has 0 fully saturated rings. The molecule has 66 valence electrons. The van der Waals surface area contributed by atoms with Gasteiger partial charge < -0.3 is 5.73 Å². The van der Waals surface area contributed by atoms with Crippen molar-refractivity contribution in [3.63, 3.8) is 0 Å². The standard InChI is InChI=1S/C6H4BrF3N2/c7-4-2(5(8)9)1-3(11)6(10)12-4/h1,5H,11H2. The van der Waals surface area contributed by atoms with Crippen LogP contribution >= 0.6 is 15.9 Å².